The van der Waals surface area contributed by atoms with Crippen LogP contribution in [0.2, 0.25) is 0 Å². The van der Waals surface area contributed by atoms with Gasteiger partial charge in [-0.15, -0.1) is 0 Å². The molecule has 0 amide bonds. The first-order valence-electron chi connectivity index (χ1n) is 8.29. The molecule has 4 nitrogen and oxygen atoms in total. The molecule has 2 aromatic carbocycles. The van der Waals surface area contributed by atoms with Gasteiger partial charge in [-0.2, -0.15) is 18.3 Å². The Hall–Kier alpha value is -3.13. The molecule has 0 aliphatic carbocycles. The number of ether oxygens (including phenoxy) is 1. The highest BCUT2D eigenvalue weighted by Crippen LogP contribution is 2.34. The van der Waals surface area contributed by atoms with Gasteiger partial charge in [-0.25, -0.2) is 9.67 Å². The van der Waals surface area contributed by atoms with Crippen LogP contribution < -0.4 is 4.74 Å². The fourth-order valence-corrected chi connectivity index (χ4v) is 3.61. The molecule has 8 heteroatoms. The normalized spacial score (nSPS) is 12.1. The molecule has 4 rings (SSSR count). The van der Waals surface area contributed by atoms with Crippen molar-refractivity contribution in [3.05, 3.63) is 71.5 Å². The van der Waals surface area contributed by atoms with Gasteiger partial charge in [0.15, 0.2) is 5.69 Å². The summed E-state index contributed by atoms with van der Waals surface area (Å²) in [5.74, 6) is 0.705. The highest BCUT2D eigenvalue weighted by Gasteiger charge is 2.36. The Kier molecular flexibility index (Phi) is 4.64. The molecule has 0 radical (unpaired) electrons. The van der Waals surface area contributed by atoms with Crippen molar-refractivity contribution in [2.75, 3.05) is 7.11 Å². The van der Waals surface area contributed by atoms with Crippen molar-refractivity contribution in [2.24, 2.45) is 0 Å². The number of halogens is 3. The van der Waals surface area contributed by atoms with Crippen molar-refractivity contribution >= 4 is 33.7 Å². The molecule has 0 saturated heterocycles. The van der Waals surface area contributed by atoms with Gasteiger partial charge >= 0.3 is 6.18 Å². The average Bonchev–Trinajstić information content (AvgIpc) is 3.30. The van der Waals surface area contributed by atoms with Crippen LogP contribution in [0.5, 0.6) is 5.75 Å². The van der Waals surface area contributed by atoms with Crippen LogP contribution in [0.4, 0.5) is 13.2 Å². The van der Waals surface area contributed by atoms with Gasteiger partial charge in [0.1, 0.15) is 5.75 Å². The highest BCUT2D eigenvalue weighted by atomic mass is 32.1. The number of para-hydroxylation sites is 1. The Labute approximate surface area is 162 Å². The van der Waals surface area contributed by atoms with Gasteiger partial charge in [-0.1, -0.05) is 41.7 Å². The Morgan fingerprint density at radius 3 is 2.46 bits per heavy atom. The first-order valence-corrected chi connectivity index (χ1v) is 9.11. The second kappa shape index (κ2) is 7.12. The SMILES string of the molecule is COc1ccc(/C=C/c2cc(C(F)(F)F)n(-c3nc4ccccc4s3)n2)cc1. The van der Waals surface area contributed by atoms with Gasteiger partial charge < -0.3 is 4.74 Å². The second-order valence-corrected chi connectivity index (χ2v) is 6.94. The third kappa shape index (κ3) is 3.63. The summed E-state index contributed by atoms with van der Waals surface area (Å²) in [6.45, 7) is 0. The third-order valence-electron chi connectivity index (χ3n) is 4.04. The number of thiazole rings is 1. The zero-order chi connectivity index (χ0) is 19.7. The minimum atomic E-state index is -4.54. The smallest absolute Gasteiger partial charge is 0.433 e. The molecule has 2 aromatic heterocycles. The summed E-state index contributed by atoms with van der Waals surface area (Å²) < 4.78 is 47.3. The fourth-order valence-electron chi connectivity index (χ4n) is 2.68. The quantitative estimate of drug-likeness (QED) is 0.442. The Morgan fingerprint density at radius 2 is 1.79 bits per heavy atom. The van der Waals surface area contributed by atoms with Crippen molar-refractivity contribution in [1.29, 1.82) is 0 Å². The summed E-state index contributed by atoms with van der Waals surface area (Å²) in [5.41, 5.74) is 0.800. The molecule has 0 bridgehead atoms. The number of fused-ring (bicyclic) bond motifs is 1. The molecule has 4 aromatic rings. The molecule has 0 spiro atoms. The van der Waals surface area contributed by atoms with Crippen LogP contribution in [0.15, 0.2) is 54.6 Å². The van der Waals surface area contributed by atoms with E-state index in [1.165, 1.54) is 0 Å². The van der Waals surface area contributed by atoms with E-state index in [1.807, 2.05) is 24.3 Å². The summed E-state index contributed by atoms with van der Waals surface area (Å²) in [6, 6.07) is 15.4. The standard InChI is InChI=1S/C20H14F3N3OS/c1-27-15-10-7-13(8-11-15)6-9-14-12-18(20(21,22)23)26(25-14)19-24-16-4-2-3-5-17(16)28-19/h2-12H,1H3/b9-6+. The number of hydrogen-bond donors (Lipinski definition) is 0. The van der Waals surface area contributed by atoms with E-state index in [-0.39, 0.29) is 10.8 Å². The van der Waals surface area contributed by atoms with Crippen LogP contribution in [0.1, 0.15) is 17.0 Å². The van der Waals surface area contributed by atoms with Gasteiger partial charge in [-0.05, 0) is 42.0 Å². The summed E-state index contributed by atoms with van der Waals surface area (Å²) >= 11 is 1.16. The van der Waals surface area contributed by atoms with Crippen molar-refractivity contribution < 1.29 is 17.9 Å². The Morgan fingerprint density at radius 1 is 1.04 bits per heavy atom. The van der Waals surface area contributed by atoms with E-state index in [9.17, 15) is 13.2 Å². The zero-order valence-electron chi connectivity index (χ0n) is 14.6. The molecule has 0 saturated carbocycles. The first-order chi connectivity index (χ1) is 13.4. The number of benzene rings is 2. The highest BCUT2D eigenvalue weighted by molar-refractivity contribution is 7.20. The van der Waals surface area contributed by atoms with Gasteiger partial charge in [0.25, 0.3) is 0 Å². The van der Waals surface area contributed by atoms with Gasteiger partial charge in [0, 0.05) is 0 Å². The fraction of sp³-hybridized carbons (Fsp3) is 0.100. The molecule has 2 heterocycles. The molecule has 142 valence electrons. The van der Waals surface area contributed by atoms with E-state index >= 15 is 0 Å². The Bertz CT molecular complexity index is 1110. The van der Waals surface area contributed by atoms with Crippen LogP contribution in [0.3, 0.4) is 0 Å². The predicted molar refractivity (Wildman–Crippen MR) is 104 cm³/mol. The van der Waals surface area contributed by atoms with Crippen molar-refractivity contribution in [3.63, 3.8) is 0 Å². The molecule has 0 aliphatic rings. The first kappa shape index (κ1) is 18.2. The number of rotatable bonds is 4. The summed E-state index contributed by atoms with van der Waals surface area (Å²) in [5, 5.41) is 4.30. The average molecular weight is 401 g/mol. The maximum absolute atomic E-state index is 13.5. The monoisotopic (exact) mass is 401 g/mol. The van der Waals surface area contributed by atoms with Gasteiger partial charge in [-0.3, -0.25) is 0 Å². The van der Waals surface area contributed by atoms with Crippen LogP contribution in [0.25, 0.3) is 27.5 Å². The third-order valence-corrected chi connectivity index (χ3v) is 5.06. The van der Waals surface area contributed by atoms with E-state index in [1.54, 1.807) is 43.5 Å². The van der Waals surface area contributed by atoms with E-state index in [4.69, 9.17) is 4.74 Å². The lowest BCUT2D eigenvalue weighted by Gasteiger charge is -2.06. The van der Waals surface area contributed by atoms with Crippen molar-refractivity contribution in [3.8, 4) is 10.9 Å². The molecular weight excluding hydrogens is 387 g/mol. The molecule has 0 atom stereocenters. The lowest BCUT2D eigenvalue weighted by Crippen LogP contribution is -2.12. The number of aromatic nitrogens is 3. The van der Waals surface area contributed by atoms with Crippen LogP contribution in [0, 0.1) is 0 Å². The molecule has 0 aliphatic heterocycles. The number of alkyl halides is 3. The Balaban J connectivity index is 1.72. The molecule has 0 N–H and O–H groups in total. The molecular formula is C20H14F3N3OS. The van der Waals surface area contributed by atoms with Crippen molar-refractivity contribution in [1.82, 2.24) is 14.8 Å². The molecule has 0 fully saturated rings. The van der Waals surface area contributed by atoms with E-state index in [0.717, 1.165) is 32.3 Å². The topological polar surface area (TPSA) is 39.9 Å². The molecule has 0 unspecified atom stereocenters. The zero-order valence-corrected chi connectivity index (χ0v) is 15.5. The minimum absolute atomic E-state index is 0.178. The van der Waals surface area contributed by atoms with Gasteiger partial charge in [0.2, 0.25) is 5.13 Å². The number of nitrogens with zero attached hydrogens (tertiary/aromatic N) is 3. The summed E-state index contributed by atoms with van der Waals surface area (Å²) in [4.78, 5) is 4.29. The van der Waals surface area contributed by atoms with E-state index in [2.05, 4.69) is 10.1 Å². The van der Waals surface area contributed by atoms with Crippen LogP contribution >= 0.6 is 11.3 Å². The van der Waals surface area contributed by atoms with Crippen LogP contribution in [-0.4, -0.2) is 21.9 Å². The largest absolute Gasteiger partial charge is 0.497 e. The van der Waals surface area contributed by atoms with E-state index < -0.39 is 11.9 Å². The maximum Gasteiger partial charge on any atom is 0.433 e. The van der Waals surface area contributed by atoms with Gasteiger partial charge in [0.05, 0.1) is 23.0 Å². The summed E-state index contributed by atoms with van der Waals surface area (Å²) in [6.07, 6.45) is -1.30. The summed E-state index contributed by atoms with van der Waals surface area (Å²) in [7, 11) is 1.57. The van der Waals surface area contributed by atoms with E-state index in [0.29, 0.717) is 11.3 Å². The number of hydrogen-bond acceptors (Lipinski definition) is 4. The minimum Gasteiger partial charge on any atom is -0.497 e. The molecule has 28 heavy (non-hydrogen) atoms. The van der Waals surface area contributed by atoms with Crippen molar-refractivity contribution in [2.45, 2.75) is 6.18 Å². The second-order valence-electron chi connectivity index (χ2n) is 5.93. The lowest BCUT2D eigenvalue weighted by molar-refractivity contribution is -0.142. The predicted octanol–water partition coefficient (Wildman–Crippen LogP) is 5.68. The maximum atomic E-state index is 13.5. The van der Waals surface area contributed by atoms with Crippen LogP contribution in [-0.2, 0) is 6.18 Å². The lowest BCUT2D eigenvalue weighted by atomic mass is 10.2. The number of methoxy groups -OCH3 is 1.